The van der Waals surface area contributed by atoms with Crippen LogP contribution in [-0.2, 0) is 13.6 Å². The summed E-state index contributed by atoms with van der Waals surface area (Å²) in [6.07, 6.45) is 11.4. The van der Waals surface area contributed by atoms with E-state index in [4.69, 9.17) is 0 Å². The monoisotopic (exact) mass is 295 g/mol. The lowest BCUT2D eigenvalue weighted by Crippen LogP contribution is -2.39. The molecule has 1 heterocycles. The minimum absolute atomic E-state index is 0.471. The van der Waals surface area contributed by atoms with Gasteiger partial charge in [-0.3, -0.25) is 4.68 Å². The first kappa shape index (κ1) is 15.9. The van der Waals surface area contributed by atoms with E-state index in [0.29, 0.717) is 10.7 Å². The number of aromatic nitrogens is 2. The molecule has 0 spiro atoms. The molecule has 1 N–H and O–H groups in total. The zero-order valence-corrected chi connectivity index (χ0v) is 14.2. The van der Waals surface area contributed by atoms with Crippen molar-refractivity contribution in [3.63, 3.8) is 0 Å². The number of rotatable bonds is 6. The van der Waals surface area contributed by atoms with Gasteiger partial charge in [0.05, 0.1) is 5.69 Å². The maximum atomic E-state index is 4.58. The molecule has 0 aliphatic heterocycles. The molecule has 3 nitrogen and oxygen atoms in total. The fraction of sp³-hybridized carbons (Fsp3) is 0.812. The van der Waals surface area contributed by atoms with Crippen LogP contribution < -0.4 is 5.32 Å². The first-order valence-corrected chi connectivity index (χ1v) is 9.07. The fourth-order valence-electron chi connectivity index (χ4n) is 3.25. The summed E-state index contributed by atoms with van der Waals surface area (Å²) in [6.45, 7) is 6.51. The van der Waals surface area contributed by atoms with Crippen molar-refractivity contribution in [2.45, 2.75) is 63.2 Å². The number of thioether (sulfide) groups is 1. The van der Waals surface area contributed by atoms with Crippen LogP contribution in [0.4, 0.5) is 0 Å². The standard InChI is InChI=1S/C16H29N3S/c1-13(2)15-14(11-19(3)18-15)10-17-12-16(20-4)8-6-5-7-9-16/h11,13,17H,5-10,12H2,1-4H3. The molecule has 1 aromatic heterocycles. The minimum atomic E-state index is 0.471. The van der Waals surface area contributed by atoms with E-state index in [2.05, 4.69) is 48.5 Å². The second-order valence-corrected chi connectivity index (χ2v) is 7.69. The Morgan fingerprint density at radius 3 is 2.65 bits per heavy atom. The molecule has 0 bridgehead atoms. The van der Waals surface area contributed by atoms with Gasteiger partial charge in [-0.05, 0) is 25.0 Å². The van der Waals surface area contributed by atoms with Gasteiger partial charge >= 0.3 is 0 Å². The third-order valence-electron chi connectivity index (χ3n) is 4.44. The van der Waals surface area contributed by atoms with Gasteiger partial charge in [-0.25, -0.2) is 0 Å². The molecule has 1 aliphatic carbocycles. The van der Waals surface area contributed by atoms with Crippen molar-refractivity contribution in [2.75, 3.05) is 12.8 Å². The third-order valence-corrected chi connectivity index (χ3v) is 5.86. The topological polar surface area (TPSA) is 29.9 Å². The van der Waals surface area contributed by atoms with E-state index in [0.717, 1.165) is 13.1 Å². The Kier molecular flexibility index (Phi) is 5.56. The van der Waals surface area contributed by atoms with Crippen molar-refractivity contribution in [3.05, 3.63) is 17.5 Å². The van der Waals surface area contributed by atoms with E-state index in [1.807, 2.05) is 11.7 Å². The number of aryl methyl sites for hydroxylation is 1. The van der Waals surface area contributed by atoms with Crippen molar-refractivity contribution < 1.29 is 0 Å². The lowest BCUT2D eigenvalue weighted by molar-refractivity contribution is 0.379. The Bertz CT molecular complexity index is 419. The van der Waals surface area contributed by atoms with Gasteiger partial charge in [-0.2, -0.15) is 16.9 Å². The highest BCUT2D eigenvalue weighted by Crippen LogP contribution is 2.38. The third kappa shape index (κ3) is 3.79. The van der Waals surface area contributed by atoms with Gasteiger partial charge in [0, 0.05) is 36.6 Å². The van der Waals surface area contributed by atoms with Crippen LogP contribution in [0.15, 0.2) is 6.20 Å². The second-order valence-electron chi connectivity index (χ2n) is 6.42. The largest absolute Gasteiger partial charge is 0.311 e. The molecular weight excluding hydrogens is 266 g/mol. The molecule has 0 unspecified atom stereocenters. The zero-order valence-electron chi connectivity index (χ0n) is 13.4. The molecule has 1 fully saturated rings. The number of nitrogens with zero attached hydrogens (tertiary/aromatic N) is 2. The minimum Gasteiger partial charge on any atom is -0.311 e. The summed E-state index contributed by atoms with van der Waals surface area (Å²) < 4.78 is 2.41. The highest BCUT2D eigenvalue weighted by molar-refractivity contribution is 8.00. The van der Waals surface area contributed by atoms with E-state index in [9.17, 15) is 0 Å². The lowest BCUT2D eigenvalue weighted by atomic mass is 9.88. The van der Waals surface area contributed by atoms with Gasteiger partial charge in [-0.1, -0.05) is 33.1 Å². The molecule has 1 aliphatic rings. The number of hydrogen-bond acceptors (Lipinski definition) is 3. The molecule has 0 atom stereocenters. The Labute approximate surface area is 127 Å². The smallest absolute Gasteiger partial charge is 0.0694 e. The van der Waals surface area contributed by atoms with Crippen LogP contribution in [0.5, 0.6) is 0 Å². The van der Waals surface area contributed by atoms with Gasteiger partial charge in [0.2, 0.25) is 0 Å². The molecule has 1 saturated carbocycles. The summed E-state index contributed by atoms with van der Waals surface area (Å²) in [5.74, 6) is 0.497. The molecule has 0 saturated heterocycles. The van der Waals surface area contributed by atoms with Crippen LogP contribution in [0.3, 0.4) is 0 Å². The van der Waals surface area contributed by atoms with Crippen molar-refractivity contribution in [1.82, 2.24) is 15.1 Å². The highest BCUT2D eigenvalue weighted by Gasteiger charge is 2.30. The van der Waals surface area contributed by atoms with Gasteiger partial charge in [0.25, 0.3) is 0 Å². The summed E-state index contributed by atoms with van der Waals surface area (Å²) >= 11 is 2.06. The molecule has 2 rings (SSSR count). The summed E-state index contributed by atoms with van der Waals surface area (Å²) in [5, 5.41) is 8.28. The summed E-state index contributed by atoms with van der Waals surface area (Å²) in [6, 6.07) is 0. The average molecular weight is 295 g/mol. The van der Waals surface area contributed by atoms with Crippen LogP contribution in [-0.4, -0.2) is 27.3 Å². The normalized spacial score (nSPS) is 18.6. The first-order valence-electron chi connectivity index (χ1n) is 7.84. The molecule has 20 heavy (non-hydrogen) atoms. The second kappa shape index (κ2) is 6.99. The van der Waals surface area contributed by atoms with E-state index >= 15 is 0 Å². The average Bonchev–Trinajstić information content (AvgIpc) is 2.81. The van der Waals surface area contributed by atoms with Crippen molar-refractivity contribution in [2.24, 2.45) is 7.05 Å². The molecule has 0 radical (unpaired) electrons. The van der Waals surface area contributed by atoms with Gasteiger partial charge in [0.1, 0.15) is 0 Å². The predicted octanol–water partition coefficient (Wildman–Crippen LogP) is 3.70. The molecule has 114 valence electrons. The van der Waals surface area contributed by atoms with E-state index < -0.39 is 0 Å². The van der Waals surface area contributed by atoms with Gasteiger partial charge < -0.3 is 5.32 Å². The predicted molar refractivity (Wildman–Crippen MR) is 88.3 cm³/mol. The Hall–Kier alpha value is -0.480. The molecule has 1 aromatic rings. The highest BCUT2D eigenvalue weighted by atomic mass is 32.2. The maximum Gasteiger partial charge on any atom is 0.0694 e. The van der Waals surface area contributed by atoms with E-state index in [1.54, 1.807) is 0 Å². The van der Waals surface area contributed by atoms with E-state index in [-0.39, 0.29) is 0 Å². The number of nitrogens with one attached hydrogen (secondary N) is 1. The first-order chi connectivity index (χ1) is 9.56. The fourth-order valence-corrected chi connectivity index (χ4v) is 4.19. The Morgan fingerprint density at radius 2 is 2.05 bits per heavy atom. The summed E-state index contributed by atoms with van der Waals surface area (Å²) in [7, 11) is 2.01. The van der Waals surface area contributed by atoms with Crippen molar-refractivity contribution in [3.8, 4) is 0 Å². The van der Waals surface area contributed by atoms with E-state index in [1.165, 1.54) is 43.4 Å². The number of hydrogen-bond donors (Lipinski definition) is 1. The zero-order chi connectivity index (χ0) is 14.6. The molecular formula is C16H29N3S. The van der Waals surface area contributed by atoms with Crippen LogP contribution in [0, 0.1) is 0 Å². The lowest BCUT2D eigenvalue weighted by Gasteiger charge is -2.36. The summed E-state index contributed by atoms with van der Waals surface area (Å²) in [5.41, 5.74) is 2.59. The molecule has 4 heteroatoms. The SMILES string of the molecule is CSC1(CNCc2cn(C)nc2C(C)C)CCCCC1. The van der Waals surface area contributed by atoms with Gasteiger partial charge in [-0.15, -0.1) is 0 Å². The van der Waals surface area contributed by atoms with Crippen LogP contribution in [0.1, 0.15) is 63.1 Å². The Balaban J connectivity index is 1.92. The Morgan fingerprint density at radius 1 is 1.35 bits per heavy atom. The molecule has 0 aromatic carbocycles. The molecule has 0 amide bonds. The maximum absolute atomic E-state index is 4.58. The quantitative estimate of drug-likeness (QED) is 0.868. The van der Waals surface area contributed by atoms with Crippen LogP contribution in [0.2, 0.25) is 0 Å². The van der Waals surface area contributed by atoms with Gasteiger partial charge in [0.15, 0.2) is 0 Å². The summed E-state index contributed by atoms with van der Waals surface area (Å²) in [4.78, 5) is 0. The van der Waals surface area contributed by atoms with Crippen LogP contribution in [0.25, 0.3) is 0 Å². The van der Waals surface area contributed by atoms with Crippen molar-refractivity contribution >= 4 is 11.8 Å². The van der Waals surface area contributed by atoms with Crippen LogP contribution >= 0.6 is 11.8 Å². The van der Waals surface area contributed by atoms with Crippen molar-refractivity contribution in [1.29, 1.82) is 0 Å².